The summed E-state index contributed by atoms with van der Waals surface area (Å²) < 4.78 is 7.02. The number of para-hydroxylation sites is 1. The highest BCUT2D eigenvalue weighted by molar-refractivity contribution is 7.98. The van der Waals surface area contributed by atoms with Crippen molar-refractivity contribution in [2.45, 2.75) is 11.4 Å². The highest BCUT2D eigenvalue weighted by atomic mass is 32.2. The SMILES string of the molecule is CSc1ccc2nc(N(Cc3ccccc3)C(=O)c3cccc(Oc4ccccc4)c3)sc2c1. The molecule has 0 atom stereocenters. The summed E-state index contributed by atoms with van der Waals surface area (Å²) in [5.74, 6) is 1.22. The third-order valence-electron chi connectivity index (χ3n) is 5.30. The van der Waals surface area contributed by atoms with Crippen LogP contribution in [0.4, 0.5) is 5.13 Å². The number of rotatable bonds is 7. The van der Waals surface area contributed by atoms with Gasteiger partial charge in [0.1, 0.15) is 11.5 Å². The maximum atomic E-state index is 13.8. The molecule has 0 spiro atoms. The second-order valence-corrected chi connectivity index (χ2v) is 9.54. The predicted octanol–water partition coefficient (Wildman–Crippen LogP) is 7.66. The minimum Gasteiger partial charge on any atom is -0.457 e. The monoisotopic (exact) mass is 482 g/mol. The molecule has 34 heavy (non-hydrogen) atoms. The number of carbonyl (C=O) groups is 1. The number of hydrogen-bond donors (Lipinski definition) is 0. The number of fused-ring (bicyclic) bond motifs is 1. The highest BCUT2D eigenvalue weighted by Crippen LogP contribution is 2.33. The average Bonchev–Trinajstić information content (AvgIpc) is 3.31. The van der Waals surface area contributed by atoms with E-state index in [-0.39, 0.29) is 5.91 Å². The second-order valence-electron chi connectivity index (χ2n) is 7.65. The van der Waals surface area contributed by atoms with Crippen molar-refractivity contribution in [1.29, 1.82) is 0 Å². The number of carbonyl (C=O) groups excluding carboxylic acids is 1. The zero-order chi connectivity index (χ0) is 23.3. The fourth-order valence-corrected chi connectivity index (χ4v) is 5.12. The summed E-state index contributed by atoms with van der Waals surface area (Å²) in [6, 6.07) is 33.0. The van der Waals surface area contributed by atoms with Crippen LogP contribution in [0.15, 0.2) is 108 Å². The lowest BCUT2D eigenvalue weighted by Crippen LogP contribution is -2.30. The molecule has 0 radical (unpaired) electrons. The van der Waals surface area contributed by atoms with Gasteiger partial charge in [-0.3, -0.25) is 9.69 Å². The van der Waals surface area contributed by atoms with Gasteiger partial charge in [0.25, 0.3) is 5.91 Å². The van der Waals surface area contributed by atoms with Gasteiger partial charge in [-0.1, -0.05) is 65.9 Å². The summed E-state index contributed by atoms with van der Waals surface area (Å²) in [5.41, 5.74) is 2.48. The molecular weight excluding hydrogens is 460 g/mol. The van der Waals surface area contributed by atoms with Gasteiger partial charge in [0.15, 0.2) is 5.13 Å². The summed E-state index contributed by atoms with van der Waals surface area (Å²) in [5, 5.41) is 0.677. The maximum Gasteiger partial charge on any atom is 0.260 e. The first kappa shape index (κ1) is 22.2. The lowest BCUT2D eigenvalue weighted by molar-refractivity contribution is 0.0985. The van der Waals surface area contributed by atoms with Crippen molar-refractivity contribution >= 4 is 44.4 Å². The third kappa shape index (κ3) is 4.98. The van der Waals surface area contributed by atoms with Gasteiger partial charge in [0.2, 0.25) is 0 Å². The van der Waals surface area contributed by atoms with Crippen molar-refractivity contribution in [3.63, 3.8) is 0 Å². The molecule has 5 aromatic rings. The molecule has 0 aliphatic heterocycles. The van der Waals surface area contributed by atoms with Crippen LogP contribution < -0.4 is 9.64 Å². The topological polar surface area (TPSA) is 42.4 Å². The van der Waals surface area contributed by atoms with Gasteiger partial charge in [-0.05, 0) is 60.4 Å². The Morgan fingerprint density at radius 1 is 0.882 bits per heavy atom. The normalized spacial score (nSPS) is 10.9. The predicted molar refractivity (Wildman–Crippen MR) is 141 cm³/mol. The van der Waals surface area contributed by atoms with Gasteiger partial charge in [0.05, 0.1) is 16.8 Å². The summed E-state index contributed by atoms with van der Waals surface area (Å²) in [6.45, 7) is 0.429. The smallest absolute Gasteiger partial charge is 0.260 e. The maximum absolute atomic E-state index is 13.8. The fourth-order valence-electron chi connectivity index (χ4n) is 3.60. The minimum absolute atomic E-state index is 0.119. The molecule has 4 nitrogen and oxygen atoms in total. The van der Waals surface area contributed by atoms with Gasteiger partial charge in [-0.2, -0.15) is 0 Å². The van der Waals surface area contributed by atoms with Crippen LogP contribution in [-0.2, 0) is 6.54 Å². The second kappa shape index (κ2) is 10.1. The molecule has 1 amide bonds. The Hall–Kier alpha value is -3.61. The molecule has 0 fully saturated rings. The number of ether oxygens (including phenoxy) is 1. The van der Waals surface area contributed by atoms with E-state index in [0.717, 1.165) is 21.5 Å². The fraction of sp³-hybridized carbons (Fsp3) is 0.0714. The van der Waals surface area contributed by atoms with Gasteiger partial charge in [-0.25, -0.2) is 4.98 Å². The first-order valence-corrected chi connectivity index (χ1v) is 12.9. The number of amides is 1. The van der Waals surface area contributed by atoms with Gasteiger partial charge < -0.3 is 4.74 Å². The Morgan fingerprint density at radius 2 is 1.62 bits per heavy atom. The van der Waals surface area contributed by atoms with E-state index >= 15 is 0 Å². The van der Waals surface area contributed by atoms with Gasteiger partial charge in [0, 0.05) is 10.5 Å². The largest absolute Gasteiger partial charge is 0.457 e. The summed E-state index contributed by atoms with van der Waals surface area (Å²) in [4.78, 5) is 21.5. The van der Waals surface area contributed by atoms with Crippen molar-refractivity contribution < 1.29 is 9.53 Å². The number of thiazole rings is 1. The van der Waals surface area contributed by atoms with Gasteiger partial charge in [-0.15, -0.1) is 11.8 Å². The van der Waals surface area contributed by atoms with E-state index in [4.69, 9.17) is 9.72 Å². The molecular formula is C28H22N2O2S2. The number of anilines is 1. The van der Waals surface area contributed by atoms with Crippen LogP contribution >= 0.6 is 23.1 Å². The Bertz CT molecular complexity index is 1420. The van der Waals surface area contributed by atoms with Crippen LogP contribution in [0.3, 0.4) is 0 Å². The molecule has 4 aromatic carbocycles. The van der Waals surface area contributed by atoms with Crippen molar-refractivity contribution in [3.05, 3.63) is 114 Å². The van der Waals surface area contributed by atoms with Crippen LogP contribution in [0.25, 0.3) is 10.2 Å². The highest BCUT2D eigenvalue weighted by Gasteiger charge is 2.22. The number of hydrogen-bond acceptors (Lipinski definition) is 5. The van der Waals surface area contributed by atoms with E-state index in [2.05, 4.69) is 18.4 Å². The number of thioether (sulfide) groups is 1. The molecule has 0 unspecified atom stereocenters. The Kier molecular flexibility index (Phi) is 6.60. The van der Waals surface area contributed by atoms with E-state index < -0.39 is 0 Å². The van der Waals surface area contributed by atoms with E-state index in [1.54, 1.807) is 22.7 Å². The number of benzene rings is 4. The third-order valence-corrected chi connectivity index (χ3v) is 7.07. The zero-order valence-electron chi connectivity index (χ0n) is 18.5. The van der Waals surface area contributed by atoms with E-state index in [0.29, 0.717) is 23.0 Å². The van der Waals surface area contributed by atoms with Crippen LogP contribution in [0.1, 0.15) is 15.9 Å². The quantitative estimate of drug-likeness (QED) is 0.223. The standard InChI is InChI=1S/C28H22N2O2S2/c1-33-24-15-16-25-26(18-24)34-28(29-25)30(19-20-9-4-2-5-10-20)27(31)21-11-8-14-23(17-21)32-22-12-6-3-7-13-22/h2-18H,19H2,1H3. The molecule has 6 heteroatoms. The summed E-state index contributed by atoms with van der Waals surface area (Å²) in [6.07, 6.45) is 2.05. The van der Waals surface area contributed by atoms with E-state index in [1.165, 1.54) is 16.2 Å². The van der Waals surface area contributed by atoms with Crippen LogP contribution in [0.2, 0.25) is 0 Å². The van der Waals surface area contributed by atoms with E-state index in [9.17, 15) is 4.79 Å². The number of nitrogens with zero attached hydrogens (tertiary/aromatic N) is 2. The molecule has 0 N–H and O–H groups in total. The Morgan fingerprint density at radius 3 is 2.38 bits per heavy atom. The van der Waals surface area contributed by atoms with Gasteiger partial charge >= 0.3 is 0 Å². The molecule has 1 heterocycles. The molecule has 0 aliphatic carbocycles. The van der Waals surface area contributed by atoms with E-state index in [1.807, 2.05) is 84.9 Å². The molecule has 0 bridgehead atoms. The molecule has 168 valence electrons. The van der Waals surface area contributed by atoms with Crippen LogP contribution in [0.5, 0.6) is 11.5 Å². The van der Waals surface area contributed by atoms with Crippen molar-refractivity contribution in [1.82, 2.24) is 4.98 Å². The summed E-state index contributed by atoms with van der Waals surface area (Å²) >= 11 is 3.23. The Balaban J connectivity index is 1.50. The number of aromatic nitrogens is 1. The average molecular weight is 483 g/mol. The molecule has 0 saturated carbocycles. The molecule has 1 aromatic heterocycles. The Labute approximate surface area is 206 Å². The first-order chi connectivity index (χ1) is 16.7. The summed E-state index contributed by atoms with van der Waals surface area (Å²) in [7, 11) is 0. The van der Waals surface area contributed by atoms with Crippen molar-refractivity contribution in [2.24, 2.45) is 0 Å². The van der Waals surface area contributed by atoms with Crippen molar-refractivity contribution in [2.75, 3.05) is 11.2 Å². The molecule has 5 rings (SSSR count). The lowest BCUT2D eigenvalue weighted by Gasteiger charge is -2.20. The molecule has 0 saturated heterocycles. The van der Waals surface area contributed by atoms with Crippen molar-refractivity contribution in [3.8, 4) is 11.5 Å². The molecule has 0 aliphatic rings. The first-order valence-electron chi connectivity index (χ1n) is 10.8. The zero-order valence-corrected chi connectivity index (χ0v) is 20.2. The lowest BCUT2D eigenvalue weighted by atomic mass is 10.1. The van der Waals surface area contributed by atoms with Crippen LogP contribution in [0, 0.1) is 0 Å². The van der Waals surface area contributed by atoms with Crippen LogP contribution in [-0.4, -0.2) is 17.1 Å². The minimum atomic E-state index is -0.119.